The monoisotopic (exact) mass is 248 g/mol. The number of carbonyl (C=O) groups is 2. The predicted octanol–water partition coefficient (Wildman–Crippen LogP) is 1.56. The van der Waals surface area contributed by atoms with E-state index in [1.165, 1.54) is 0 Å². The van der Waals surface area contributed by atoms with E-state index in [1.807, 2.05) is 37.2 Å². The van der Waals surface area contributed by atoms with Gasteiger partial charge < -0.3 is 15.3 Å². The van der Waals surface area contributed by atoms with E-state index in [-0.39, 0.29) is 0 Å². The van der Waals surface area contributed by atoms with Gasteiger partial charge >= 0.3 is 5.97 Å². The molecule has 2 N–H and O–H groups in total. The van der Waals surface area contributed by atoms with Gasteiger partial charge in [0.05, 0.1) is 0 Å². The number of anilines is 2. The summed E-state index contributed by atoms with van der Waals surface area (Å²) in [7, 11) is 3.81. The van der Waals surface area contributed by atoms with E-state index in [1.54, 1.807) is 6.07 Å². The highest BCUT2D eigenvalue weighted by atomic mass is 16.4. The number of carboxylic acids is 1. The lowest BCUT2D eigenvalue weighted by Crippen LogP contribution is -2.31. The van der Waals surface area contributed by atoms with Crippen molar-refractivity contribution in [2.75, 3.05) is 24.3 Å². The van der Waals surface area contributed by atoms with Crippen LogP contribution < -0.4 is 10.2 Å². The van der Waals surface area contributed by atoms with Crippen LogP contribution in [0.25, 0.3) is 0 Å². The van der Waals surface area contributed by atoms with Gasteiger partial charge in [-0.25, -0.2) is 0 Å². The van der Waals surface area contributed by atoms with Gasteiger partial charge in [-0.15, -0.1) is 0 Å². The van der Waals surface area contributed by atoms with Crippen LogP contribution in [0.15, 0.2) is 24.3 Å². The van der Waals surface area contributed by atoms with Gasteiger partial charge in [-0.1, -0.05) is 6.07 Å². The van der Waals surface area contributed by atoms with Gasteiger partial charge in [-0.05, 0) is 31.0 Å². The van der Waals surface area contributed by atoms with E-state index in [0.717, 1.165) is 5.69 Å². The topological polar surface area (TPSA) is 69.6 Å². The van der Waals surface area contributed by atoms with Crippen LogP contribution in [0.1, 0.15) is 12.8 Å². The molecule has 5 heteroatoms. The van der Waals surface area contributed by atoms with Gasteiger partial charge in [0, 0.05) is 25.5 Å². The Morgan fingerprint density at radius 1 is 1.33 bits per heavy atom. The van der Waals surface area contributed by atoms with Crippen molar-refractivity contribution < 1.29 is 14.7 Å². The third-order valence-electron chi connectivity index (χ3n) is 3.21. The summed E-state index contributed by atoms with van der Waals surface area (Å²) in [5, 5.41) is 11.7. The lowest BCUT2D eigenvalue weighted by Gasteiger charge is -2.15. The minimum absolute atomic E-state index is 0.418. The fourth-order valence-electron chi connectivity index (χ4n) is 1.78. The predicted molar refractivity (Wildman–Crippen MR) is 68.7 cm³/mol. The third kappa shape index (κ3) is 2.16. The number of hydrogen-bond acceptors (Lipinski definition) is 3. The van der Waals surface area contributed by atoms with Crippen molar-refractivity contribution in [3.8, 4) is 0 Å². The molecule has 0 spiro atoms. The Balaban J connectivity index is 2.13. The van der Waals surface area contributed by atoms with Crippen LogP contribution >= 0.6 is 0 Å². The molecule has 0 aromatic heterocycles. The van der Waals surface area contributed by atoms with Crippen molar-refractivity contribution in [1.82, 2.24) is 0 Å². The number of nitrogens with one attached hydrogen (secondary N) is 1. The summed E-state index contributed by atoms with van der Waals surface area (Å²) in [6.07, 6.45) is 0.836. The fourth-order valence-corrected chi connectivity index (χ4v) is 1.78. The largest absolute Gasteiger partial charge is 0.480 e. The Morgan fingerprint density at radius 3 is 2.50 bits per heavy atom. The quantitative estimate of drug-likeness (QED) is 0.793. The molecule has 1 saturated carbocycles. The van der Waals surface area contributed by atoms with E-state index in [2.05, 4.69) is 5.32 Å². The Kier molecular flexibility index (Phi) is 2.98. The van der Waals surface area contributed by atoms with Crippen LogP contribution in [0.2, 0.25) is 0 Å². The summed E-state index contributed by atoms with van der Waals surface area (Å²) < 4.78 is 0. The highest BCUT2D eigenvalue weighted by Gasteiger charge is 2.57. The molecule has 18 heavy (non-hydrogen) atoms. The molecule has 0 saturated heterocycles. The number of amides is 1. The van der Waals surface area contributed by atoms with Gasteiger partial charge in [0.15, 0.2) is 0 Å². The van der Waals surface area contributed by atoms with Crippen molar-refractivity contribution in [2.45, 2.75) is 12.8 Å². The van der Waals surface area contributed by atoms with Crippen molar-refractivity contribution in [1.29, 1.82) is 0 Å². The number of rotatable bonds is 4. The second-order valence-electron chi connectivity index (χ2n) is 4.79. The first kappa shape index (κ1) is 12.4. The third-order valence-corrected chi connectivity index (χ3v) is 3.21. The summed E-state index contributed by atoms with van der Waals surface area (Å²) in [5.74, 6) is -1.46. The van der Waals surface area contributed by atoms with Gasteiger partial charge in [-0.3, -0.25) is 9.59 Å². The molecular formula is C13H16N2O3. The van der Waals surface area contributed by atoms with E-state index in [4.69, 9.17) is 5.11 Å². The summed E-state index contributed by atoms with van der Waals surface area (Å²) >= 11 is 0. The number of nitrogens with zero attached hydrogens (tertiary/aromatic N) is 1. The molecule has 0 radical (unpaired) electrons. The Labute approximate surface area is 105 Å². The van der Waals surface area contributed by atoms with Crippen LogP contribution in [-0.4, -0.2) is 31.1 Å². The van der Waals surface area contributed by atoms with Crippen LogP contribution in [0, 0.1) is 5.41 Å². The number of carbonyl (C=O) groups excluding carboxylic acids is 1. The molecule has 5 nitrogen and oxygen atoms in total. The van der Waals surface area contributed by atoms with Crippen LogP contribution in [0.5, 0.6) is 0 Å². The van der Waals surface area contributed by atoms with Crippen molar-refractivity contribution in [2.24, 2.45) is 5.41 Å². The van der Waals surface area contributed by atoms with E-state index >= 15 is 0 Å². The number of carboxylic acid groups (broad SMARTS) is 1. The summed E-state index contributed by atoms with van der Waals surface area (Å²) in [6, 6.07) is 7.31. The molecule has 1 amide bonds. The average molecular weight is 248 g/mol. The van der Waals surface area contributed by atoms with Gasteiger partial charge in [0.25, 0.3) is 0 Å². The van der Waals surface area contributed by atoms with Crippen LogP contribution in [0.4, 0.5) is 11.4 Å². The van der Waals surface area contributed by atoms with Gasteiger partial charge in [0.1, 0.15) is 5.41 Å². The molecule has 1 aromatic rings. The maximum absolute atomic E-state index is 11.9. The second kappa shape index (κ2) is 4.33. The zero-order chi connectivity index (χ0) is 13.3. The Hall–Kier alpha value is -2.04. The van der Waals surface area contributed by atoms with Crippen LogP contribution in [0.3, 0.4) is 0 Å². The first-order chi connectivity index (χ1) is 8.45. The summed E-state index contributed by atoms with van der Waals surface area (Å²) in [4.78, 5) is 24.9. The molecule has 0 aliphatic heterocycles. The lowest BCUT2D eigenvalue weighted by molar-refractivity contribution is -0.147. The molecule has 1 aliphatic rings. The standard InChI is InChI=1S/C13H16N2O3/c1-15(2)10-5-3-4-9(8-10)14-11(16)13(6-7-13)12(17)18/h3-5,8H,6-7H2,1-2H3,(H,14,16)(H,17,18). The van der Waals surface area contributed by atoms with Gasteiger partial charge in [-0.2, -0.15) is 0 Å². The number of benzene rings is 1. The SMILES string of the molecule is CN(C)c1cccc(NC(=O)C2(C(=O)O)CC2)c1. The zero-order valence-electron chi connectivity index (χ0n) is 10.4. The molecule has 0 unspecified atom stereocenters. The minimum Gasteiger partial charge on any atom is -0.480 e. The molecule has 1 aliphatic carbocycles. The fraction of sp³-hybridized carbons (Fsp3) is 0.385. The molecule has 1 aromatic carbocycles. The first-order valence-corrected chi connectivity index (χ1v) is 5.78. The van der Waals surface area contributed by atoms with Crippen LogP contribution in [-0.2, 0) is 9.59 Å². The lowest BCUT2D eigenvalue weighted by atomic mass is 10.1. The maximum Gasteiger partial charge on any atom is 0.319 e. The average Bonchev–Trinajstić information content (AvgIpc) is 3.10. The van der Waals surface area contributed by atoms with E-state index in [9.17, 15) is 9.59 Å². The Bertz CT molecular complexity index is 493. The summed E-state index contributed by atoms with van der Waals surface area (Å²) in [6.45, 7) is 0. The van der Waals surface area contributed by atoms with Crippen molar-refractivity contribution in [3.63, 3.8) is 0 Å². The van der Waals surface area contributed by atoms with E-state index in [0.29, 0.717) is 18.5 Å². The van der Waals surface area contributed by atoms with Gasteiger partial charge in [0.2, 0.25) is 5.91 Å². The molecule has 0 atom stereocenters. The molecule has 0 bridgehead atoms. The smallest absolute Gasteiger partial charge is 0.319 e. The first-order valence-electron chi connectivity index (χ1n) is 5.78. The Morgan fingerprint density at radius 2 is 2.00 bits per heavy atom. The normalized spacial score (nSPS) is 15.9. The maximum atomic E-state index is 11.9. The summed E-state index contributed by atoms with van der Waals surface area (Å²) in [5.41, 5.74) is 0.375. The molecular weight excluding hydrogens is 232 g/mol. The molecule has 0 heterocycles. The zero-order valence-corrected chi connectivity index (χ0v) is 10.4. The minimum atomic E-state index is -1.20. The van der Waals surface area contributed by atoms with E-state index < -0.39 is 17.3 Å². The highest BCUT2D eigenvalue weighted by Crippen LogP contribution is 2.46. The molecule has 96 valence electrons. The second-order valence-corrected chi connectivity index (χ2v) is 4.79. The van der Waals surface area contributed by atoms with Crippen molar-refractivity contribution in [3.05, 3.63) is 24.3 Å². The highest BCUT2D eigenvalue weighted by molar-refractivity contribution is 6.10. The number of aliphatic carboxylic acids is 1. The van der Waals surface area contributed by atoms with Crippen molar-refractivity contribution >= 4 is 23.3 Å². The number of hydrogen-bond donors (Lipinski definition) is 2. The molecule has 2 rings (SSSR count). The molecule has 1 fully saturated rings.